The molecule has 0 amide bonds. The van der Waals surface area contributed by atoms with Crippen LogP contribution >= 0.6 is 0 Å². The van der Waals surface area contributed by atoms with Gasteiger partial charge in [-0.25, -0.2) is 14.8 Å². The van der Waals surface area contributed by atoms with Gasteiger partial charge in [0.05, 0.1) is 5.92 Å². The second-order valence-electron chi connectivity index (χ2n) is 9.29. The summed E-state index contributed by atoms with van der Waals surface area (Å²) in [7, 11) is 0. The summed E-state index contributed by atoms with van der Waals surface area (Å²) in [5.74, 6) is 0.659. The van der Waals surface area contributed by atoms with Crippen LogP contribution in [0.4, 0.5) is 0 Å². The molecule has 1 aliphatic heterocycles. The molecule has 4 rings (SSSR count). The molecule has 1 saturated carbocycles. The van der Waals surface area contributed by atoms with Gasteiger partial charge in [0.2, 0.25) is 0 Å². The minimum absolute atomic E-state index is 0.0707. The van der Waals surface area contributed by atoms with Crippen LogP contribution in [0.5, 0.6) is 0 Å². The Hall–Kier alpha value is -2.31. The SMILES string of the molecule is O=C(OCC(CCC1CCNCC1)c1ncccn1)C(O)(c1ccccc1)C1CCCC1. The molecule has 1 saturated heterocycles. The highest BCUT2D eigenvalue weighted by molar-refractivity contribution is 5.81. The molecular weight excluding hydrogens is 402 g/mol. The van der Waals surface area contributed by atoms with E-state index in [1.807, 2.05) is 30.3 Å². The van der Waals surface area contributed by atoms with Gasteiger partial charge in [0.15, 0.2) is 5.60 Å². The molecular formula is C26H35N3O3. The maximum absolute atomic E-state index is 13.4. The summed E-state index contributed by atoms with van der Waals surface area (Å²) >= 11 is 0. The first-order valence-electron chi connectivity index (χ1n) is 12.1. The molecule has 2 aromatic rings. The maximum atomic E-state index is 13.4. The van der Waals surface area contributed by atoms with Crippen LogP contribution in [0, 0.1) is 11.8 Å². The minimum Gasteiger partial charge on any atom is -0.463 e. The number of aromatic nitrogens is 2. The number of ether oxygens (including phenoxy) is 1. The second kappa shape index (κ2) is 11.0. The summed E-state index contributed by atoms with van der Waals surface area (Å²) in [6.07, 6.45) is 11.5. The highest BCUT2D eigenvalue weighted by atomic mass is 16.5. The maximum Gasteiger partial charge on any atom is 0.343 e. The molecule has 0 spiro atoms. The third kappa shape index (κ3) is 5.36. The Labute approximate surface area is 190 Å². The van der Waals surface area contributed by atoms with E-state index in [1.165, 1.54) is 12.8 Å². The van der Waals surface area contributed by atoms with Crippen molar-refractivity contribution < 1.29 is 14.6 Å². The zero-order valence-corrected chi connectivity index (χ0v) is 18.8. The molecule has 1 aliphatic carbocycles. The van der Waals surface area contributed by atoms with E-state index in [1.54, 1.807) is 18.5 Å². The van der Waals surface area contributed by atoms with Crippen LogP contribution in [0.2, 0.25) is 0 Å². The Morgan fingerprint density at radius 2 is 1.75 bits per heavy atom. The van der Waals surface area contributed by atoms with Crippen molar-refractivity contribution in [3.05, 3.63) is 60.2 Å². The van der Waals surface area contributed by atoms with Crippen molar-refractivity contribution in [3.8, 4) is 0 Å². The van der Waals surface area contributed by atoms with E-state index < -0.39 is 11.6 Å². The first-order chi connectivity index (χ1) is 15.7. The smallest absolute Gasteiger partial charge is 0.343 e. The Morgan fingerprint density at radius 3 is 2.44 bits per heavy atom. The Balaban J connectivity index is 1.47. The van der Waals surface area contributed by atoms with Crippen molar-refractivity contribution >= 4 is 5.97 Å². The summed E-state index contributed by atoms with van der Waals surface area (Å²) in [6, 6.07) is 11.1. The highest BCUT2D eigenvalue weighted by Crippen LogP contribution is 2.41. The van der Waals surface area contributed by atoms with Crippen molar-refractivity contribution in [2.24, 2.45) is 11.8 Å². The van der Waals surface area contributed by atoms with Gasteiger partial charge in [-0.05, 0) is 69.2 Å². The number of esters is 1. The molecule has 2 aliphatic rings. The second-order valence-corrected chi connectivity index (χ2v) is 9.29. The number of piperidine rings is 1. The first kappa shape index (κ1) is 22.9. The average molecular weight is 438 g/mol. The number of carbonyl (C=O) groups is 1. The van der Waals surface area contributed by atoms with Gasteiger partial charge in [0.25, 0.3) is 0 Å². The number of aliphatic hydroxyl groups is 1. The molecule has 0 radical (unpaired) electrons. The van der Waals surface area contributed by atoms with Gasteiger partial charge in [0, 0.05) is 18.3 Å². The van der Waals surface area contributed by atoms with E-state index in [0.717, 1.165) is 51.6 Å². The van der Waals surface area contributed by atoms with Crippen molar-refractivity contribution in [3.63, 3.8) is 0 Å². The van der Waals surface area contributed by atoms with E-state index in [2.05, 4.69) is 15.3 Å². The van der Waals surface area contributed by atoms with Gasteiger partial charge in [-0.2, -0.15) is 0 Å². The summed E-state index contributed by atoms with van der Waals surface area (Å²) in [5.41, 5.74) is -0.978. The molecule has 1 aromatic heterocycles. The van der Waals surface area contributed by atoms with Crippen molar-refractivity contribution in [1.29, 1.82) is 0 Å². The lowest BCUT2D eigenvalue weighted by molar-refractivity contribution is -0.174. The monoisotopic (exact) mass is 437 g/mol. The van der Waals surface area contributed by atoms with Crippen LogP contribution < -0.4 is 5.32 Å². The predicted molar refractivity (Wildman–Crippen MR) is 123 cm³/mol. The topological polar surface area (TPSA) is 84.3 Å². The fourth-order valence-electron chi connectivity index (χ4n) is 5.26. The zero-order chi connectivity index (χ0) is 22.2. The largest absolute Gasteiger partial charge is 0.463 e. The van der Waals surface area contributed by atoms with Gasteiger partial charge in [0.1, 0.15) is 12.4 Å². The molecule has 2 atom stereocenters. The third-order valence-corrected chi connectivity index (χ3v) is 7.22. The van der Waals surface area contributed by atoms with Gasteiger partial charge in [-0.3, -0.25) is 0 Å². The molecule has 6 nitrogen and oxygen atoms in total. The first-order valence-corrected chi connectivity index (χ1v) is 12.1. The van der Waals surface area contributed by atoms with Crippen LogP contribution in [-0.4, -0.2) is 40.7 Å². The molecule has 172 valence electrons. The van der Waals surface area contributed by atoms with Crippen LogP contribution in [-0.2, 0) is 15.1 Å². The number of nitrogens with one attached hydrogen (secondary N) is 1. The number of benzene rings is 1. The van der Waals surface area contributed by atoms with Gasteiger partial charge >= 0.3 is 5.97 Å². The van der Waals surface area contributed by atoms with Crippen molar-refractivity contribution in [2.45, 2.75) is 62.9 Å². The molecule has 2 heterocycles. The number of hydrogen-bond acceptors (Lipinski definition) is 6. The van der Waals surface area contributed by atoms with E-state index in [9.17, 15) is 9.90 Å². The van der Waals surface area contributed by atoms with E-state index in [4.69, 9.17) is 4.74 Å². The lowest BCUT2D eigenvalue weighted by atomic mass is 9.80. The lowest BCUT2D eigenvalue weighted by Gasteiger charge is -2.33. The lowest BCUT2D eigenvalue weighted by Crippen LogP contribution is -2.44. The predicted octanol–water partition coefficient (Wildman–Crippen LogP) is 3.96. The standard InChI is InChI=1S/C26H35N3O3/c30-25(26(31,23-9-4-5-10-23)22-7-2-1-3-8-22)32-19-21(24-28-15-6-16-29-24)12-11-20-13-17-27-18-14-20/h1-3,6-8,15-16,20-21,23,27,31H,4-5,9-14,17-19H2. The molecule has 2 fully saturated rings. The third-order valence-electron chi connectivity index (χ3n) is 7.22. The highest BCUT2D eigenvalue weighted by Gasteiger charge is 2.48. The van der Waals surface area contributed by atoms with E-state index in [0.29, 0.717) is 17.3 Å². The summed E-state index contributed by atoms with van der Waals surface area (Å²) < 4.78 is 5.85. The van der Waals surface area contributed by atoms with Crippen LogP contribution in [0.15, 0.2) is 48.8 Å². The van der Waals surface area contributed by atoms with Gasteiger partial charge in [-0.1, -0.05) is 43.2 Å². The van der Waals surface area contributed by atoms with Crippen LogP contribution in [0.25, 0.3) is 0 Å². The van der Waals surface area contributed by atoms with Crippen molar-refractivity contribution in [2.75, 3.05) is 19.7 Å². The number of nitrogens with zero attached hydrogens (tertiary/aromatic N) is 2. The summed E-state index contributed by atoms with van der Waals surface area (Å²) in [4.78, 5) is 22.3. The summed E-state index contributed by atoms with van der Waals surface area (Å²) in [6.45, 7) is 2.32. The van der Waals surface area contributed by atoms with Gasteiger partial charge < -0.3 is 15.2 Å². The molecule has 1 aromatic carbocycles. The Kier molecular flexibility index (Phi) is 7.87. The molecule has 6 heteroatoms. The normalized spacial score (nSPS) is 20.5. The molecule has 2 N–H and O–H groups in total. The fraction of sp³-hybridized carbons (Fsp3) is 0.577. The quantitative estimate of drug-likeness (QED) is 0.578. The van der Waals surface area contributed by atoms with E-state index >= 15 is 0 Å². The van der Waals surface area contributed by atoms with Gasteiger partial charge in [-0.15, -0.1) is 0 Å². The fourth-order valence-corrected chi connectivity index (χ4v) is 5.26. The minimum atomic E-state index is -1.60. The zero-order valence-electron chi connectivity index (χ0n) is 18.8. The van der Waals surface area contributed by atoms with Crippen molar-refractivity contribution in [1.82, 2.24) is 15.3 Å². The van der Waals surface area contributed by atoms with Crippen LogP contribution in [0.1, 0.15) is 68.7 Å². The molecule has 32 heavy (non-hydrogen) atoms. The van der Waals surface area contributed by atoms with E-state index in [-0.39, 0.29) is 18.4 Å². The Morgan fingerprint density at radius 1 is 1.06 bits per heavy atom. The number of carbonyl (C=O) groups excluding carboxylic acids is 1. The molecule has 0 bridgehead atoms. The Bertz CT molecular complexity index is 836. The molecule has 2 unspecified atom stereocenters. The van der Waals surface area contributed by atoms with Crippen LogP contribution in [0.3, 0.4) is 0 Å². The number of rotatable bonds is 9. The average Bonchev–Trinajstić information content (AvgIpc) is 3.41. The summed E-state index contributed by atoms with van der Waals surface area (Å²) in [5, 5.41) is 15.1. The number of hydrogen-bond donors (Lipinski definition) is 2.